The Kier molecular flexibility index (Phi) is 2.72. The second-order valence-electron chi connectivity index (χ2n) is 4.66. The Morgan fingerprint density at radius 1 is 1.26 bits per heavy atom. The molecule has 2 heterocycles. The maximum Gasteiger partial charge on any atom is 0.323 e. The van der Waals surface area contributed by atoms with Crippen LogP contribution in [0.25, 0.3) is 22.3 Å². The number of H-pyrrole nitrogens is 3. The van der Waals surface area contributed by atoms with Crippen LogP contribution in [0.4, 0.5) is 0 Å². The highest BCUT2D eigenvalue weighted by atomic mass is 16.1. The number of aromatic nitrogens is 4. The van der Waals surface area contributed by atoms with Gasteiger partial charge in [0.05, 0.1) is 22.9 Å². The van der Waals surface area contributed by atoms with Crippen molar-refractivity contribution in [3.8, 4) is 11.3 Å². The maximum atomic E-state index is 11.2. The predicted octanol–water partition coefficient (Wildman–Crippen LogP) is 1.31. The third-order valence-electron chi connectivity index (χ3n) is 3.24. The fraction of sp³-hybridized carbons (Fsp3) is 0.231. The van der Waals surface area contributed by atoms with E-state index in [0.717, 1.165) is 28.1 Å². The highest BCUT2D eigenvalue weighted by molar-refractivity contribution is 5.80. The van der Waals surface area contributed by atoms with Crippen LogP contribution in [0.3, 0.4) is 0 Å². The number of nitrogens with zero attached hydrogens (tertiary/aromatic N) is 1. The van der Waals surface area contributed by atoms with Crippen molar-refractivity contribution in [3.05, 3.63) is 40.7 Å². The number of nitrogens with one attached hydrogen (secondary N) is 3. The van der Waals surface area contributed by atoms with E-state index in [1.165, 1.54) is 0 Å². The van der Waals surface area contributed by atoms with Crippen LogP contribution in [0.5, 0.6) is 0 Å². The number of aromatic amines is 3. The zero-order valence-electron chi connectivity index (χ0n) is 10.5. The number of imidazole rings is 2. The summed E-state index contributed by atoms with van der Waals surface area (Å²) in [6.07, 6.45) is 1.79. The molecule has 0 aliphatic carbocycles. The average molecular weight is 257 g/mol. The van der Waals surface area contributed by atoms with Gasteiger partial charge in [0.25, 0.3) is 0 Å². The molecule has 1 aromatic carbocycles. The summed E-state index contributed by atoms with van der Waals surface area (Å²) in [7, 11) is 0. The van der Waals surface area contributed by atoms with Crippen molar-refractivity contribution < 1.29 is 0 Å². The molecular formula is C13H15N5O. The van der Waals surface area contributed by atoms with Crippen LogP contribution in [-0.2, 0) is 0 Å². The minimum atomic E-state index is -0.200. The van der Waals surface area contributed by atoms with Crippen LogP contribution in [-0.4, -0.2) is 26.5 Å². The van der Waals surface area contributed by atoms with Crippen LogP contribution in [0.2, 0.25) is 0 Å². The molecule has 3 rings (SSSR count). The third-order valence-corrected chi connectivity index (χ3v) is 3.24. The molecule has 0 aliphatic rings. The lowest BCUT2D eigenvalue weighted by molar-refractivity contribution is 0.725. The number of hydrogen-bond acceptors (Lipinski definition) is 3. The Hall–Kier alpha value is -2.34. The molecular weight excluding hydrogens is 242 g/mol. The van der Waals surface area contributed by atoms with E-state index in [4.69, 9.17) is 5.73 Å². The van der Waals surface area contributed by atoms with Gasteiger partial charge in [-0.2, -0.15) is 0 Å². The summed E-state index contributed by atoms with van der Waals surface area (Å²) in [5, 5.41) is 0. The van der Waals surface area contributed by atoms with Crippen LogP contribution < -0.4 is 11.4 Å². The molecule has 2 aromatic heterocycles. The van der Waals surface area contributed by atoms with Gasteiger partial charge in [0.1, 0.15) is 5.82 Å². The van der Waals surface area contributed by atoms with E-state index < -0.39 is 0 Å². The largest absolute Gasteiger partial charge is 0.342 e. The number of rotatable bonds is 3. The fourth-order valence-corrected chi connectivity index (χ4v) is 2.05. The zero-order valence-corrected chi connectivity index (χ0v) is 10.5. The topological polar surface area (TPSA) is 103 Å². The van der Waals surface area contributed by atoms with Crippen molar-refractivity contribution in [1.82, 2.24) is 19.9 Å². The average Bonchev–Trinajstić information content (AvgIpc) is 3.01. The van der Waals surface area contributed by atoms with Crippen LogP contribution in [0, 0.1) is 0 Å². The summed E-state index contributed by atoms with van der Waals surface area (Å²) < 4.78 is 0. The number of benzene rings is 1. The molecule has 0 amide bonds. The Bertz CT molecular complexity index is 767. The molecule has 0 fully saturated rings. The smallest absolute Gasteiger partial charge is 0.323 e. The van der Waals surface area contributed by atoms with Crippen molar-refractivity contribution in [1.29, 1.82) is 0 Å². The summed E-state index contributed by atoms with van der Waals surface area (Å²) in [5.41, 5.74) is 8.90. The van der Waals surface area contributed by atoms with E-state index in [2.05, 4.69) is 19.9 Å². The summed E-state index contributed by atoms with van der Waals surface area (Å²) in [6, 6.07) is 5.73. The normalized spacial score (nSPS) is 12.9. The summed E-state index contributed by atoms with van der Waals surface area (Å²) in [6.45, 7) is 2.58. The van der Waals surface area contributed by atoms with Gasteiger partial charge in [-0.05, 0) is 12.1 Å². The van der Waals surface area contributed by atoms with Gasteiger partial charge in [0.15, 0.2) is 0 Å². The first-order valence-electron chi connectivity index (χ1n) is 6.15. The van der Waals surface area contributed by atoms with Gasteiger partial charge in [0, 0.05) is 18.0 Å². The van der Waals surface area contributed by atoms with E-state index >= 15 is 0 Å². The molecule has 0 spiro atoms. The first kappa shape index (κ1) is 11.7. The van der Waals surface area contributed by atoms with Gasteiger partial charge >= 0.3 is 5.69 Å². The monoisotopic (exact) mass is 257 g/mol. The van der Waals surface area contributed by atoms with Crippen LogP contribution in [0.15, 0.2) is 29.2 Å². The summed E-state index contributed by atoms with van der Waals surface area (Å²) in [5.74, 6) is 1.07. The predicted molar refractivity (Wildman–Crippen MR) is 74.0 cm³/mol. The van der Waals surface area contributed by atoms with E-state index in [-0.39, 0.29) is 11.6 Å². The SMILES string of the molecule is CC(CN)c1ncc(-c2ccc3[nH]c(=O)[nH]c3c2)[nH]1. The fourth-order valence-electron chi connectivity index (χ4n) is 2.05. The van der Waals surface area contributed by atoms with E-state index in [1.807, 2.05) is 25.1 Å². The van der Waals surface area contributed by atoms with Crippen molar-refractivity contribution >= 4 is 11.0 Å². The standard InChI is InChI=1S/C13H15N5O/c1-7(5-14)12-15-6-11(16-12)8-2-3-9-10(4-8)18-13(19)17-9/h2-4,6-7H,5,14H2,1H3,(H,15,16)(H2,17,18,19). The Morgan fingerprint density at radius 3 is 2.84 bits per heavy atom. The molecule has 0 saturated heterocycles. The molecule has 98 valence electrons. The lowest BCUT2D eigenvalue weighted by Gasteiger charge is -2.03. The van der Waals surface area contributed by atoms with Crippen molar-refractivity contribution in [2.75, 3.05) is 6.54 Å². The first-order chi connectivity index (χ1) is 9.17. The minimum Gasteiger partial charge on any atom is -0.342 e. The molecule has 0 aliphatic heterocycles. The van der Waals surface area contributed by atoms with Crippen molar-refractivity contribution in [3.63, 3.8) is 0 Å². The van der Waals surface area contributed by atoms with Crippen LogP contribution >= 0.6 is 0 Å². The number of hydrogen-bond donors (Lipinski definition) is 4. The van der Waals surface area contributed by atoms with E-state index in [1.54, 1.807) is 6.20 Å². The Balaban J connectivity index is 2.03. The van der Waals surface area contributed by atoms with Crippen LogP contribution in [0.1, 0.15) is 18.7 Å². The summed E-state index contributed by atoms with van der Waals surface area (Å²) in [4.78, 5) is 24.3. The number of nitrogens with two attached hydrogens (primary N) is 1. The van der Waals surface area contributed by atoms with Gasteiger partial charge in [-0.3, -0.25) is 0 Å². The summed E-state index contributed by atoms with van der Waals surface area (Å²) >= 11 is 0. The maximum absolute atomic E-state index is 11.2. The van der Waals surface area contributed by atoms with Crippen molar-refractivity contribution in [2.24, 2.45) is 5.73 Å². The second kappa shape index (κ2) is 4.40. The molecule has 3 aromatic rings. The highest BCUT2D eigenvalue weighted by Crippen LogP contribution is 2.22. The second-order valence-corrected chi connectivity index (χ2v) is 4.66. The van der Waals surface area contributed by atoms with E-state index in [9.17, 15) is 4.79 Å². The molecule has 6 nitrogen and oxygen atoms in total. The third kappa shape index (κ3) is 2.06. The molecule has 19 heavy (non-hydrogen) atoms. The Morgan fingerprint density at radius 2 is 2.05 bits per heavy atom. The Labute approximate surface area is 109 Å². The molecule has 1 atom stereocenters. The van der Waals surface area contributed by atoms with Gasteiger partial charge in [-0.25, -0.2) is 9.78 Å². The molecule has 0 bridgehead atoms. The quantitative estimate of drug-likeness (QED) is 0.568. The molecule has 6 heteroatoms. The van der Waals surface area contributed by atoms with Gasteiger partial charge in [-0.1, -0.05) is 13.0 Å². The number of fused-ring (bicyclic) bond motifs is 1. The lowest BCUT2D eigenvalue weighted by atomic mass is 10.1. The molecule has 1 unspecified atom stereocenters. The van der Waals surface area contributed by atoms with Gasteiger partial charge in [-0.15, -0.1) is 0 Å². The van der Waals surface area contributed by atoms with Gasteiger partial charge < -0.3 is 20.7 Å². The molecule has 5 N–H and O–H groups in total. The minimum absolute atomic E-state index is 0.199. The zero-order chi connectivity index (χ0) is 13.4. The molecule has 0 radical (unpaired) electrons. The lowest BCUT2D eigenvalue weighted by Crippen LogP contribution is -2.10. The molecule has 0 saturated carbocycles. The van der Waals surface area contributed by atoms with Crippen molar-refractivity contribution in [2.45, 2.75) is 12.8 Å². The van der Waals surface area contributed by atoms with Gasteiger partial charge in [0.2, 0.25) is 0 Å². The van der Waals surface area contributed by atoms with E-state index in [0.29, 0.717) is 6.54 Å². The first-order valence-corrected chi connectivity index (χ1v) is 6.15. The highest BCUT2D eigenvalue weighted by Gasteiger charge is 2.09.